The van der Waals surface area contributed by atoms with Crippen LogP contribution in [0.1, 0.15) is 46.1 Å². The minimum absolute atomic E-state index is 0.0791. The lowest BCUT2D eigenvalue weighted by Gasteiger charge is -2.24. The van der Waals surface area contributed by atoms with Gasteiger partial charge in [0.1, 0.15) is 11.6 Å². The zero-order valence-corrected chi connectivity index (χ0v) is 11.8. The van der Waals surface area contributed by atoms with Gasteiger partial charge in [-0.15, -0.1) is 0 Å². The molecule has 0 bridgehead atoms. The third-order valence-corrected chi connectivity index (χ3v) is 3.52. The third kappa shape index (κ3) is 3.49. The van der Waals surface area contributed by atoms with E-state index in [9.17, 15) is 0 Å². The van der Waals surface area contributed by atoms with Crippen LogP contribution in [0.15, 0.2) is 24.3 Å². The van der Waals surface area contributed by atoms with Crippen molar-refractivity contribution in [3.63, 3.8) is 0 Å². The van der Waals surface area contributed by atoms with Gasteiger partial charge in [0.25, 0.3) is 0 Å². The van der Waals surface area contributed by atoms with E-state index < -0.39 is 0 Å². The molecule has 0 radical (unpaired) electrons. The molecule has 3 nitrogen and oxygen atoms in total. The molecule has 0 amide bonds. The lowest BCUT2D eigenvalue weighted by Crippen LogP contribution is -2.32. The molecule has 3 N–H and O–H groups in total. The summed E-state index contributed by atoms with van der Waals surface area (Å²) in [7, 11) is 0. The first-order chi connectivity index (χ1) is 8.40. The van der Waals surface area contributed by atoms with Crippen molar-refractivity contribution in [3.8, 4) is 5.75 Å². The van der Waals surface area contributed by atoms with Gasteiger partial charge in [0.2, 0.25) is 0 Å². The van der Waals surface area contributed by atoms with Crippen molar-refractivity contribution in [2.45, 2.75) is 52.1 Å². The molecule has 0 aliphatic rings. The Kier molecular flexibility index (Phi) is 4.76. The normalized spacial score (nSPS) is 13.1. The molecule has 1 atom stereocenters. The lowest BCUT2D eigenvalue weighted by molar-refractivity contribution is 0.260. The molecule has 0 fully saturated rings. The van der Waals surface area contributed by atoms with Crippen molar-refractivity contribution < 1.29 is 4.74 Å². The Morgan fingerprint density at radius 3 is 2.22 bits per heavy atom. The summed E-state index contributed by atoms with van der Waals surface area (Å²) in [6, 6.07) is 8.09. The molecule has 0 spiro atoms. The zero-order valence-electron chi connectivity index (χ0n) is 11.8. The summed E-state index contributed by atoms with van der Waals surface area (Å²) >= 11 is 0. The number of hydrogen-bond acceptors (Lipinski definition) is 2. The van der Waals surface area contributed by atoms with Crippen molar-refractivity contribution in [2.75, 3.05) is 0 Å². The van der Waals surface area contributed by atoms with E-state index in [1.165, 1.54) is 5.56 Å². The maximum absolute atomic E-state index is 7.42. The average Bonchev–Trinajstić information content (AvgIpc) is 2.36. The van der Waals surface area contributed by atoms with E-state index in [0.29, 0.717) is 6.42 Å². The highest BCUT2D eigenvalue weighted by molar-refractivity contribution is 5.81. The van der Waals surface area contributed by atoms with Crippen LogP contribution < -0.4 is 10.5 Å². The molecule has 0 aliphatic heterocycles. The van der Waals surface area contributed by atoms with Crippen LogP contribution in [0, 0.1) is 5.41 Å². The summed E-state index contributed by atoms with van der Waals surface area (Å²) in [5, 5.41) is 7.42. The van der Waals surface area contributed by atoms with E-state index in [1.54, 1.807) is 0 Å². The first kappa shape index (κ1) is 14.6. The molecule has 0 saturated carbocycles. The quantitative estimate of drug-likeness (QED) is 0.598. The van der Waals surface area contributed by atoms with Gasteiger partial charge in [-0.05, 0) is 36.0 Å². The summed E-state index contributed by atoms with van der Waals surface area (Å²) in [6.07, 6.45) is 1.48. The molecule has 1 aromatic rings. The maximum Gasteiger partial charge on any atom is 0.155 e. The molecule has 18 heavy (non-hydrogen) atoms. The van der Waals surface area contributed by atoms with E-state index in [1.807, 2.05) is 19.1 Å². The highest BCUT2D eigenvalue weighted by atomic mass is 16.5. The zero-order chi connectivity index (χ0) is 13.8. The molecule has 100 valence electrons. The van der Waals surface area contributed by atoms with Crippen LogP contribution in [0.5, 0.6) is 5.75 Å². The molecule has 0 heterocycles. The predicted octanol–water partition coefficient (Wildman–Crippen LogP) is 3.47. The summed E-state index contributed by atoms with van der Waals surface area (Å²) in [5.41, 5.74) is 6.96. The molecule has 0 saturated heterocycles. The van der Waals surface area contributed by atoms with E-state index >= 15 is 0 Å². The second kappa shape index (κ2) is 5.89. The van der Waals surface area contributed by atoms with Gasteiger partial charge in [0.05, 0.1) is 0 Å². The highest BCUT2D eigenvalue weighted by Crippen LogP contribution is 2.28. The smallest absolute Gasteiger partial charge is 0.155 e. The SMILES string of the molecule is CCC(Oc1ccc(C(C)(C)CC)cc1)C(=N)N. The van der Waals surface area contributed by atoms with Gasteiger partial charge in [0, 0.05) is 0 Å². The topological polar surface area (TPSA) is 59.1 Å². The van der Waals surface area contributed by atoms with Gasteiger partial charge in [-0.2, -0.15) is 0 Å². The van der Waals surface area contributed by atoms with Crippen molar-refractivity contribution in [1.29, 1.82) is 5.41 Å². The van der Waals surface area contributed by atoms with Crippen molar-refractivity contribution >= 4 is 5.84 Å². The van der Waals surface area contributed by atoms with Gasteiger partial charge in [-0.25, -0.2) is 0 Å². The fourth-order valence-electron chi connectivity index (χ4n) is 1.72. The standard InChI is InChI=1S/C15H24N2O/c1-5-13(14(16)17)18-12-9-7-11(8-10-12)15(3,4)6-2/h7-10,13H,5-6H2,1-4H3,(H3,16,17). The molecule has 1 rings (SSSR count). The van der Waals surface area contributed by atoms with Crippen molar-refractivity contribution in [1.82, 2.24) is 0 Å². The minimum atomic E-state index is -0.324. The number of ether oxygens (including phenoxy) is 1. The van der Waals surface area contributed by atoms with Gasteiger partial charge in [0.15, 0.2) is 6.10 Å². The first-order valence-electron chi connectivity index (χ1n) is 6.51. The Morgan fingerprint density at radius 1 is 1.28 bits per heavy atom. The monoisotopic (exact) mass is 248 g/mol. The maximum atomic E-state index is 7.42. The molecule has 1 aromatic carbocycles. The second-order valence-electron chi connectivity index (χ2n) is 5.23. The van der Waals surface area contributed by atoms with Gasteiger partial charge in [-0.3, -0.25) is 5.41 Å². The second-order valence-corrected chi connectivity index (χ2v) is 5.23. The highest BCUT2D eigenvalue weighted by Gasteiger charge is 2.18. The van der Waals surface area contributed by atoms with Crippen LogP contribution in [-0.4, -0.2) is 11.9 Å². The molecule has 0 aliphatic carbocycles. The van der Waals surface area contributed by atoms with Crippen LogP contribution in [-0.2, 0) is 5.41 Å². The van der Waals surface area contributed by atoms with Crippen molar-refractivity contribution in [2.24, 2.45) is 5.73 Å². The molecular weight excluding hydrogens is 224 g/mol. The first-order valence-corrected chi connectivity index (χ1v) is 6.51. The third-order valence-electron chi connectivity index (χ3n) is 3.52. The number of amidine groups is 1. The van der Waals surface area contributed by atoms with Gasteiger partial charge >= 0.3 is 0 Å². The van der Waals surface area contributed by atoms with E-state index in [2.05, 4.69) is 32.9 Å². The Bertz CT molecular complexity index is 395. The molecular formula is C15H24N2O. The van der Waals surface area contributed by atoms with Crippen LogP contribution >= 0.6 is 0 Å². The predicted molar refractivity (Wildman–Crippen MR) is 76.4 cm³/mol. The van der Waals surface area contributed by atoms with Crippen LogP contribution in [0.3, 0.4) is 0 Å². The number of nitrogens with one attached hydrogen (secondary N) is 1. The average molecular weight is 248 g/mol. The number of nitrogens with two attached hydrogens (primary N) is 1. The Hall–Kier alpha value is -1.51. The van der Waals surface area contributed by atoms with Crippen molar-refractivity contribution in [3.05, 3.63) is 29.8 Å². The number of rotatable bonds is 6. The van der Waals surface area contributed by atoms with Gasteiger partial charge < -0.3 is 10.5 Å². The fourth-order valence-corrected chi connectivity index (χ4v) is 1.72. The minimum Gasteiger partial charge on any atom is -0.483 e. The van der Waals surface area contributed by atoms with Crippen LogP contribution in [0.4, 0.5) is 0 Å². The van der Waals surface area contributed by atoms with Gasteiger partial charge in [-0.1, -0.05) is 39.8 Å². The molecule has 3 heteroatoms. The Balaban J connectivity index is 2.80. The van der Waals surface area contributed by atoms with Crippen LogP contribution in [0.25, 0.3) is 0 Å². The molecule has 1 unspecified atom stereocenters. The van der Waals surface area contributed by atoms with E-state index in [0.717, 1.165) is 12.2 Å². The van der Waals surface area contributed by atoms with E-state index in [-0.39, 0.29) is 17.4 Å². The van der Waals surface area contributed by atoms with E-state index in [4.69, 9.17) is 15.9 Å². The summed E-state index contributed by atoms with van der Waals surface area (Å²) in [6.45, 7) is 8.61. The summed E-state index contributed by atoms with van der Waals surface area (Å²) < 4.78 is 5.68. The number of benzene rings is 1. The number of hydrogen-bond donors (Lipinski definition) is 2. The Labute approximate surface area is 110 Å². The fraction of sp³-hybridized carbons (Fsp3) is 0.533. The lowest BCUT2D eigenvalue weighted by atomic mass is 9.82. The van der Waals surface area contributed by atoms with Crippen LogP contribution in [0.2, 0.25) is 0 Å². The molecule has 0 aromatic heterocycles. The summed E-state index contributed by atoms with van der Waals surface area (Å²) in [5.74, 6) is 0.850. The Morgan fingerprint density at radius 2 is 1.83 bits per heavy atom. The largest absolute Gasteiger partial charge is 0.483 e. The summed E-state index contributed by atoms with van der Waals surface area (Å²) in [4.78, 5) is 0.